The Hall–Kier alpha value is -3.16. The van der Waals surface area contributed by atoms with Crippen molar-refractivity contribution in [3.05, 3.63) is 88.5 Å². The fourth-order valence-corrected chi connectivity index (χ4v) is 6.42. The number of aryl methyl sites for hydroxylation is 2. The smallest absolute Gasteiger partial charge is 0.261 e. The molecule has 2 aliphatic rings. The first kappa shape index (κ1) is 24.5. The second-order valence-electron chi connectivity index (χ2n) is 10.3. The summed E-state index contributed by atoms with van der Waals surface area (Å²) in [6, 6.07) is 18.9. The monoisotopic (exact) mass is 503 g/mol. The third-order valence-corrected chi connectivity index (χ3v) is 8.89. The van der Waals surface area contributed by atoms with Crippen LogP contribution in [0.1, 0.15) is 65.0 Å². The lowest BCUT2D eigenvalue weighted by Crippen LogP contribution is -2.32. The Labute approximate surface area is 213 Å². The van der Waals surface area contributed by atoms with Gasteiger partial charge in [0.05, 0.1) is 10.9 Å². The van der Waals surface area contributed by atoms with E-state index in [1.165, 1.54) is 0 Å². The molecule has 1 fully saturated rings. The minimum Gasteiger partial charge on any atom is -0.378 e. The van der Waals surface area contributed by atoms with Gasteiger partial charge < -0.3 is 10.6 Å². The molecule has 3 atom stereocenters. The van der Waals surface area contributed by atoms with E-state index in [0.717, 1.165) is 46.5 Å². The number of ketones is 1. The van der Waals surface area contributed by atoms with Crippen molar-refractivity contribution in [3.8, 4) is 0 Å². The fourth-order valence-electron chi connectivity index (χ4n) is 5.33. The predicted octanol–water partition coefficient (Wildman–Crippen LogP) is 5.76. The van der Waals surface area contributed by atoms with Gasteiger partial charge >= 0.3 is 0 Å². The molecule has 3 N–H and O–H groups in total. The van der Waals surface area contributed by atoms with E-state index in [1.807, 2.05) is 70.2 Å². The second-order valence-corrected chi connectivity index (χ2v) is 12.0. The summed E-state index contributed by atoms with van der Waals surface area (Å²) in [5.74, 6) is 0.385. The molecule has 0 saturated carbocycles. The minimum atomic E-state index is -3.73. The van der Waals surface area contributed by atoms with Crippen molar-refractivity contribution in [2.24, 2.45) is 11.8 Å². The van der Waals surface area contributed by atoms with Crippen molar-refractivity contribution in [3.63, 3.8) is 0 Å². The molecule has 0 aliphatic carbocycles. The molecule has 2 aliphatic heterocycles. The van der Waals surface area contributed by atoms with E-state index in [2.05, 4.69) is 15.4 Å². The van der Waals surface area contributed by atoms with Gasteiger partial charge in [-0.15, -0.1) is 0 Å². The fraction of sp³-hybridized carbons (Fsp3) is 0.345. The normalized spacial score (nSPS) is 21.0. The van der Waals surface area contributed by atoms with E-state index in [1.54, 1.807) is 18.2 Å². The summed E-state index contributed by atoms with van der Waals surface area (Å²) in [5.41, 5.74) is 6.49. The molecule has 0 spiro atoms. The van der Waals surface area contributed by atoms with E-state index >= 15 is 0 Å². The van der Waals surface area contributed by atoms with Crippen molar-refractivity contribution in [2.45, 2.75) is 51.1 Å². The maximum atomic E-state index is 13.2. The molecule has 0 unspecified atom stereocenters. The quantitative estimate of drug-likeness (QED) is 0.372. The van der Waals surface area contributed by atoms with Gasteiger partial charge in [0.25, 0.3) is 10.0 Å². The van der Waals surface area contributed by atoms with Crippen molar-refractivity contribution >= 4 is 27.2 Å². The van der Waals surface area contributed by atoms with Crippen molar-refractivity contribution < 1.29 is 13.2 Å². The average molecular weight is 504 g/mol. The lowest BCUT2D eigenvalue weighted by Gasteiger charge is -2.37. The van der Waals surface area contributed by atoms with Crippen LogP contribution in [0.15, 0.2) is 65.6 Å². The predicted molar refractivity (Wildman–Crippen MR) is 144 cm³/mol. The van der Waals surface area contributed by atoms with Gasteiger partial charge in [0.15, 0.2) is 5.78 Å². The summed E-state index contributed by atoms with van der Waals surface area (Å²) >= 11 is 0. The Kier molecular flexibility index (Phi) is 6.39. The SMILES string of the molecule is Cc1ccc(NS(=O)(=O)c2ccc3c(c2)[C@H]2NCC[C@H]2[C@H](c2ccc(C(=O)C(C)C)cc2)N3)cc1C. The topological polar surface area (TPSA) is 87.3 Å². The van der Waals surface area contributed by atoms with Crippen LogP contribution in [0.25, 0.3) is 0 Å². The Morgan fingerprint density at radius 2 is 1.69 bits per heavy atom. The average Bonchev–Trinajstić information content (AvgIpc) is 3.35. The molecule has 5 rings (SSSR count). The van der Waals surface area contributed by atoms with E-state index < -0.39 is 10.0 Å². The van der Waals surface area contributed by atoms with Gasteiger partial charge in [0.1, 0.15) is 0 Å². The number of rotatable bonds is 6. The molecule has 6 nitrogen and oxygen atoms in total. The van der Waals surface area contributed by atoms with E-state index in [9.17, 15) is 13.2 Å². The summed E-state index contributed by atoms with van der Waals surface area (Å²) in [7, 11) is -3.73. The molecular weight excluding hydrogens is 470 g/mol. The van der Waals surface area contributed by atoms with Crippen LogP contribution in [-0.2, 0) is 10.0 Å². The summed E-state index contributed by atoms with van der Waals surface area (Å²) in [5, 5.41) is 7.25. The Morgan fingerprint density at radius 1 is 0.944 bits per heavy atom. The van der Waals surface area contributed by atoms with E-state index in [-0.39, 0.29) is 34.6 Å². The number of carbonyl (C=O) groups excluding carboxylic acids is 1. The molecule has 188 valence electrons. The van der Waals surface area contributed by atoms with Gasteiger partial charge in [0, 0.05) is 34.8 Å². The van der Waals surface area contributed by atoms with Crippen molar-refractivity contribution in [1.29, 1.82) is 0 Å². The van der Waals surface area contributed by atoms with Gasteiger partial charge in [-0.05, 0) is 79.4 Å². The zero-order valence-corrected chi connectivity index (χ0v) is 21.9. The third kappa shape index (κ3) is 4.53. The van der Waals surface area contributed by atoms with Crippen LogP contribution in [0.4, 0.5) is 11.4 Å². The van der Waals surface area contributed by atoms with Gasteiger partial charge in [-0.1, -0.05) is 44.2 Å². The van der Waals surface area contributed by atoms with Crippen molar-refractivity contribution in [1.82, 2.24) is 5.32 Å². The van der Waals surface area contributed by atoms with Gasteiger partial charge in [-0.25, -0.2) is 8.42 Å². The zero-order valence-electron chi connectivity index (χ0n) is 21.1. The van der Waals surface area contributed by atoms with E-state index in [4.69, 9.17) is 0 Å². The molecule has 3 aromatic carbocycles. The first-order valence-corrected chi connectivity index (χ1v) is 14.0. The Balaban J connectivity index is 1.43. The molecular formula is C29H33N3O3S. The molecule has 36 heavy (non-hydrogen) atoms. The number of anilines is 2. The van der Waals surface area contributed by atoms with Crippen LogP contribution >= 0.6 is 0 Å². The zero-order chi connectivity index (χ0) is 25.6. The number of hydrogen-bond acceptors (Lipinski definition) is 5. The minimum absolute atomic E-state index is 0.0334. The van der Waals surface area contributed by atoms with Gasteiger partial charge in [-0.2, -0.15) is 0 Å². The Bertz CT molecular complexity index is 1410. The number of nitrogens with one attached hydrogen (secondary N) is 3. The third-order valence-electron chi connectivity index (χ3n) is 7.52. The molecule has 0 radical (unpaired) electrons. The number of benzene rings is 3. The molecule has 1 saturated heterocycles. The molecule has 0 aromatic heterocycles. The van der Waals surface area contributed by atoms with Crippen LogP contribution in [0.3, 0.4) is 0 Å². The molecule has 3 aromatic rings. The Morgan fingerprint density at radius 3 is 2.39 bits per heavy atom. The second kappa shape index (κ2) is 9.37. The summed E-state index contributed by atoms with van der Waals surface area (Å²) in [6.45, 7) is 8.67. The maximum Gasteiger partial charge on any atom is 0.261 e. The maximum absolute atomic E-state index is 13.2. The van der Waals surface area contributed by atoms with Gasteiger partial charge in [-0.3, -0.25) is 9.52 Å². The highest BCUT2D eigenvalue weighted by Crippen LogP contribution is 2.47. The number of sulfonamides is 1. The molecule has 2 heterocycles. The van der Waals surface area contributed by atoms with Crippen molar-refractivity contribution in [2.75, 3.05) is 16.6 Å². The first-order valence-electron chi connectivity index (χ1n) is 12.5. The van der Waals surface area contributed by atoms with Crippen LogP contribution < -0.4 is 15.4 Å². The highest BCUT2D eigenvalue weighted by atomic mass is 32.2. The highest BCUT2D eigenvalue weighted by Gasteiger charge is 2.40. The van der Waals surface area contributed by atoms with Crippen LogP contribution in [0.5, 0.6) is 0 Å². The molecule has 0 bridgehead atoms. The number of hydrogen-bond donors (Lipinski definition) is 3. The lowest BCUT2D eigenvalue weighted by atomic mass is 9.80. The van der Waals surface area contributed by atoms with E-state index in [0.29, 0.717) is 5.69 Å². The molecule has 7 heteroatoms. The van der Waals surface area contributed by atoms with Crippen LogP contribution in [-0.4, -0.2) is 20.7 Å². The number of fused-ring (bicyclic) bond motifs is 3. The number of Topliss-reactive ketones (excluding diaryl/α,β-unsaturated/α-hetero) is 1. The standard InChI is InChI=1S/C29H33N3O3S/c1-17(2)29(33)21-8-6-20(7-9-21)27-24-13-14-30-28(24)25-16-23(11-12-26(25)31-27)36(34,35)32-22-10-5-18(3)19(4)15-22/h5-12,15-17,24,27-28,30-32H,13-14H2,1-4H3/t24-,27-,28-/m0/s1. The van der Waals surface area contributed by atoms with Gasteiger partial charge in [0.2, 0.25) is 0 Å². The summed E-state index contributed by atoms with van der Waals surface area (Å²) in [4.78, 5) is 12.6. The van der Waals surface area contributed by atoms with Crippen LogP contribution in [0, 0.1) is 25.7 Å². The largest absolute Gasteiger partial charge is 0.378 e. The lowest BCUT2D eigenvalue weighted by molar-refractivity contribution is 0.0939. The first-order chi connectivity index (χ1) is 17.1. The number of carbonyl (C=O) groups is 1. The highest BCUT2D eigenvalue weighted by molar-refractivity contribution is 7.92. The summed E-state index contributed by atoms with van der Waals surface area (Å²) in [6.07, 6.45) is 0.978. The van der Waals surface area contributed by atoms with Crippen LogP contribution in [0.2, 0.25) is 0 Å². The summed E-state index contributed by atoms with van der Waals surface area (Å²) < 4.78 is 29.2. The molecule has 0 amide bonds.